The Morgan fingerprint density at radius 2 is 1.80 bits per heavy atom. The summed E-state index contributed by atoms with van der Waals surface area (Å²) < 4.78 is 29.0. The van der Waals surface area contributed by atoms with Crippen LogP contribution in [0, 0.1) is 6.92 Å². The third-order valence-electron chi connectivity index (χ3n) is 7.73. The van der Waals surface area contributed by atoms with Crippen molar-refractivity contribution >= 4 is 69.8 Å². The summed E-state index contributed by atoms with van der Waals surface area (Å²) in [7, 11) is -0.176. The van der Waals surface area contributed by atoms with Crippen LogP contribution in [0.5, 0.6) is 0 Å². The maximum Gasteiger partial charge on any atom is 0.241 e. The van der Waals surface area contributed by atoms with Gasteiger partial charge in [-0.1, -0.05) is 30.7 Å². The number of hydrogen-bond acceptors (Lipinski definition) is 11. The number of carbonyl (C=O) groups excluding carboxylic acids is 2. The van der Waals surface area contributed by atoms with Crippen LogP contribution in [0.2, 0.25) is 0 Å². The summed E-state index contributed by atoms with van der Waals surface area (Å²) in [4.78, 5) is 37.0. The lowest BCUT2D eigenvalue weighted by atomic mass is 9.96. The molecule has 46 heavy (non-hydrogen) atoms. The molecule has 0 saturated heterocycles. The lowest BCUT2D eigenvalue weighted by Gasteiger charge is -2.24. The standard InChI is InChI=1S/C32H44N6O5S3/c1-21(38(20-39)19-24-18-34-22(2)36-32(24)33)23(9-5-6-14-31(44)45)17-29(41)28(40)15-16-35-46(42,43)30-13-8-10-25-26(30)11-7-12-27(25)37(3)4/h7-8,10-13,18,20,29,31,35,41,44-45H,5-6,9,14-17,19H2,1-4H3,(H2,33,34,36). The molecule has 0 radical (unpaired) electrons. The van der Waals surface area contributed by atoms with Gasteiger partial charge in [0.15, 0.2) is 5.78 Å². The number of aryl methyl sites for hydroxylation is 1. The van der Waals surface area contributed by atoms with E-state index in [2.05, 4.69) is 39.9 Å². The van der Waals surface area contributed by atoms with Crippen molar-refractivity contribution in [1.82, 2.24) is 19.6 Å². The van der Waals surface area contributed by atoms with E-state index in [1.807, 2.05) is 31.1 Å². The maximum absolute atomic E-state index is 13.3. The molecule has 3 aromatic rings. The van der Waals surface area contributed by atoms with E-state index in [0.717, 1.165) is 35.9 Å². The monoisotopic (exact) mass is 688 g/mol. The average Bonchev–Trinajstić information content (AvgIpc) is 3.00. The molecule has 0 spiro atoms. The van der Waals surface area contributed by atoms with Crippen molar-refractivity contribution in [2.45, 2.75) is 74.5 Å². The molecular weight excluding hydrogens is 645 g/mol. The SMILES string of the molecule is CC(=C(CCCCC(S)S)CC(O)C(=O)CCNS(=O)(=O)c1cccc2c(N(C)C)cccc12)N(C=O)Cc1cnc(C)nc1N. The number of amides is 1. The highest BCUT2D eigenvalue weighted by Gasteiger charge is 2.23. The van der Waals surface area contributed by atoms with Crippen LogP contribution in [-0.2, 0) is 26.2 Å². The zero-order valence-corrected chi connectivity index (χ0v) is 29.3. The number of nitrogen functional groups attached to an aromatic ring is 1. The first-order valence-corrected chi connectivity index (χ1v) is 17.5. The molecule has 11 nitrogen and oxygen atoms in total. The number of nitrogens with zero attached hydrogens (tertiary/aromatic N) is 4. The van der Waals surface area contributed by atoms with Gasteiger partial charge in [0.2, 0.25) is 16.4 Å². The van der Waals surface area contributed by atoms with Crippen molar-refractivity contribution in [3.8, 4) is 0 Å². The Hall–Kier alpha value is -3.17. The van der Waals surface area contributed by atoms with Gasteiger partial charge in [0.25, 0.3) is 0 Å². The number of ketones is 1. The molecule has 0 aliphatic rings. The molecular formula is C32H44N6O5S3. The van der Waals surface area contributed by atoms with Gasteiger partial charge in [-0.25, -0.2) is 23.1 Å². The number of fused-ring (bicyclic) bond motifs is 1. The van der Waals surface area contributed by atoms with Crippen LogP contribution in [0.15, 0.2) is 58.8 Å². The smallest absolute Gasteiger partial charge is 0.241 e. The molecule has 1 amide bonds. The van der Waals surface area contributed by atoms with Crippen LogP contribution >= 0.6 is 25.3 Å². The largest absolute Gasteiger partial charge is 0.385 e. The third kappa shape index (κ3) is 10.2. The first-order chi connectivity index (χ1) is 21.7. The number of sulfonamides is 1. The number of Topliss-reactive ketones (excluding diaryl/α,β-unsaturated/α-hetero) is 1. The van der Waals surface area contributed by atoms with Crippen molar-refractivity contribution < 1.29 is 23.1 Å². The Bertz CT molecular complexity index is 1660. The Labute approximate surface area is 282 Å². The molecule has 3 rings (SSSR count). The molecule has 1 heterocycles. The van der Waals surface area contributed by atoms with E-state index in [0.29, 0.717) is 35.3 Å². The molecule has 4 N–H and O–H groups in total. The highest BCUT2D eigenvalue weighted by molar-refractivity contribution is 7.99. The number of unbranched alkanes of at least 4 members (excludes halogenated alkanes) is 1. The lowest BCUT2D eigenvalue weighted by Crippen LogP contribution is -2.30. The molecule has 1 aromatic heterocycles. The summed E-state index contributed by atoms with van der Waals surface area (Å²) >= 11 is 8.62. The number of allylic oxidation sites excluding steroid dienone is 1. The maximum atomic E-state index is 13.3. The second-order valence-corrected chi connectivity index (χ2v) is 14.7. The van der Waals surface area contributed by atoms with Gasteiger partial charge >= 0.3 is 0 Å². The molecule has 0 aliphatic carbocycles. The fraction of sp³-hybridized carbons (Fsp3) is 0.438. The number of aliphatic hydroxyl groups excluding tert-OH is 1. The minimum Gasteiger partial charge on any atom is -0.385 e. The van der Waals surface area contributed by atoms with Crippen LogP contribution in [-0.4, -0.2) is 71.9 Å². The summed E-state index contributed by atoms with van der Waals surface area (Å²) in [6.45, 7) is 3.41. The van der Waals surface area contributed by atoms with Gasteiger partial charge < -0.3 is 20.6 Å². The number of rotatable bonds is 18. The Morgan fingerprint density at radius 1 is 1.11 bits per heavy atom. The Morgan fingerprint density at radius 3 is 2.46 bits per heavy atom. The number of hydrogen-bond donors (Lipinski definition) is 5. The average molecular weight is 689 g/mol. The first-order valence-electron chi connectivity index (χ1n) is 15.0. The van der Waals surface area contributed by atoms with Gasteiger partial charge in [-0.2, -0.15) is 25.3 Å². The molecule has 14 heteroatoms. The molecule has 1 atom stereocenters. The number of thiol groups is 2. The van der Waals surface area contributed by atoms with E-state index >= 15 is 0 Å². The number of carbonyl (C=O) groups is 2. The van der Waals surface area contributed by atoms with E-state index < -0.39 is 21.9 Å². The van der Waals surface area contributed by atoms with Crippen molar-refractivity contribution in [2.24, 2.45) is 0 Å². The molecule has 2 aromatic carbocycles. The highest BCUT2D eigenvalue weighted by Crippen LogP contribution is 2.30. The summed E-state index contributed by atoms with van der Waals surface area (Å²) in [6.07, 6.45) is 3.46. The van der Waals surface area contributed by atoms with E-state index in [1.54, 1.807) is 38.2 Å². The number of benzene rings is 2. The fourth-order valence-electron chi connectivity index (χ4n) is 5.14. The van der Waals surface area contributed by atoms with Crippen molar-refractivity contribution in [2.75, 3.05) is 31.3 Å². The number of aliphatic hydroxyl groups is 1. The predicted molar refractivity (Wildman–Crippen MR) is 189 cm³/mol. The zero-order valence-electron chi connectivity index (χ0n) is 26.7. The summed E-state index contributed by atoms with van der Waals surface area (Å²) in [6, 6.07) is 10.5. The van der Waals surface area contributed by atoms with Crippen LogP contribution in [0.25, 0.3) is 10.8 Å². The van der Waals surface area contributed by atoms with Crippen LogP contribution in [0.4, 0.5) is 11.5 Å². The van der Waals surface area contributed by atoms with Gasteiger partial charge in [0.05, 0.1) is 11.4 Å². The minimum atomic E-state index is -3.95. The Kier molecular flexibility index (Phi) is 13.9. The summed E-state index contributed by atoms with van der Waals surface area (Å²) in [5, 5.41) is 12.3. The van der Waals surface area contributed by atoms with Gasteiger partial charge in [-0.05, 0) is 50.8 Å². The third-order valence-corrected chi connectivity index (χ3v) is 9.76. The molecule has 1 unspecified atom stereocenters. The van der Waals surface area contributed by atoms with E-state index in [1.165, 1.54) is 11.0 Å². The summed E-state index contributed by atoms with van der Waals surface area (Å²) in [5.74, 6) is 0.264. The van der Waals surface area contributed by atoms with E-state index in [4.69, 9.17) is 5.73 Å². The van der Waals surface area contributed by atoms with Gasteiger partial charge in [-0.15, -0.1) is 0 Å². The lowest BCUT2D eigenvalue weighted by molar-refractivity contribution is -0.126. The van der Waals surface area contributed by atoms with Crippen LogP contribution in [0.1, 0.15) is 56.8 Å². The number of anilines is 2. The number of nitrogens with two attached hydrogens (primary N) is 1. The van der Waals surface area contributed by atoms with Crippen LogP contribution in [0.3, 0.4) is 0 Å². The predicted octanol–water partition coefficient (Wildman–Crippen LogP) is 4.25. The van der Waals surface area contributed by atoms with Gasteiger partial charge in [-0.3, -0.25) is 9.59 Å². The fourth-order valence-corrected chi connectivity index (χ4v) is 6.76. The first kappa shape index (κ1) is 37.3. The molecule has 0 saturated carbocycles. The molecule has 0 fully saturated rings. The minimum absolute atomic E-state index is 0.0105. The second-order valence-electron chi connectivity index (χ2n) is 11.3. The number of aromatic nitrogens is 2. The van der Waals surface area contributed by atoms with Crippen molar-refractivity contribution in [1.29, 1.82) is 0 Å². The molecule has 250 valence electrons. The van der Waals surface area contributed by atoms with Crippen molar-refractivity contribution in [3.05, 3.63) is 65.3 Å². The molecule has 0 bridgehead atoms. The zero-order chi connectivity index (χ0) is 34.0. The normalized spacial score (nSPS) is 13.0. The topological polar surface area (TPSA) is 159 Å². The van der Waals surface area contributed by atoms with Crippen molar-refractivity contribution in [3.63, 3.8) is 0 Å². The highest BCUT2D eigenvalue weighted by atomic mass is 32.2. The van der Waals surface area contributed by atoms with E-state index in [9.17, 15) is 23.1 Å². The van der Waals surface area contributed by atoms with Gasteiger partial charge in [0.1, 0.15) is 17.7 Å². The Balaban J connectivity index is 1.73. The summed E-state index contributed by atoms with van der Waals surface area (Å²) in [5.41, 5.74) is 8.81. The molecule has 0 aliphatic heterocycles. The van der Waals surface area contributed by atoms with Crippen LogP contribution < -0.4 is 15.4 Å². The second kappa shape index (κ2) is 17.1. The quantitative estimate of drug-likeness (QED) is 0.0570. The number of nitrogens with one attached hydrogen (secondary N) is 1. The van der Waals surface area contributed by atoms with E-state index in [-0.39, 0.29) is 41.2 Å². The van der Waals surface area contributed by atoms with Gasteiger partial charge in [0, 0.05) is 72.0 Å².